The van der Waals surface area contributed by atoms with E-state index in [1.807, 2.05) is 35.2 Å². The second-order valence-electron chi connectivity index (χ2n) is 3.02. The van der Waals surface area contributed by atoms with Crippen molar-refractivity contribution in [1.29, 1.82) is 0 Å². The van der Waals surface area contributed by atoms with Crippen LogP contribution in [0, 0.1) is 0 Å². The summed E-state index contributed by atoms with van der Waals surface area (Å²) in [7, 11) is 0. The van der Waals surface area contributed by atoms with Crippen LogP contribution in [0.3, 0.4) is 0 Å². The van der Waals surface area contributed by atoms with Crippen LogP contribution < -0.4 is 0 Å². The molecule has 0 fully saturated rings. The normalized spacial score (nSPS) is 10.7. The summed E-state index contributed by atoms with van der Waals surface area (Å²) in [5.74, 6) is 1.14. The van der Waals surface area contributed by atoms with Gasteiger partial charge in [0.25, 0.3) is 5.89 Å². The average Bonchev–Trinajstić information content (AvgIpc) is 3.02. The Balaban J connectivity index is 2.02. The first-order valence-corrected chi connectivity index (χ1v) is 5.38. The van der Waals surface area contributed by atoms with E-state index < -0.39 is 0 Å². The Labute approximate surface area is 89.6 Å². The number of nitrogens with one attached hydrogen (secondary N) is 1. The van der Waals surface area contributed by atoms with Crippen LogP contribution in [0.5, 0.6) is 0 Å². The fraction of sp³-hybridized carbons (Fsp3) is 0. The van der Waals surface area contributed by atoms with Crippen molar-refractivity contribution in [2.24, 2.45) is 0 Å². The Morgan fingerprint density at radius 2 is 2.33 bits per heavy atom. The van der Waals surface area contributed by atoms with Crippen molar-refractivity contribution < 1.29 is 4.52 Å². The van der Waals surface area contributed by atoms with E-state index in [4.69, 9.17) is 4.52 Å². The lowest BCUT2D eigenvalue weighted by atomic mass is 10.3. The van der Waals surface area contributed by atoms with E-state index >= 15 is 0 Å². The molecule has 0 aliphatic rings. The van der Waals surface area contributed by atoms with Gasteiger partial charge in [-0.2, -0.15) is 16.3 Å². The van der Waals surface area contributed by atoms with E-state index in [9.17, 15) is 0 Å². The maximum absolute atomic E-state index is 5.15. The van der Waals surface area contributed by atoms with Crippen LogP contribution in [-0.4, -0.2) is 15.1 Å². The van der Waals surface area contributed by atoms with Crippen molar-refractivity contribution in [3.8, 4) is 23.0 Å². The fourth-order valence-corrected chi connectivity index (χ4v) is 1.94. The summed E-state index contributed by atoms with van der Waals surface area (Å²) in [5, 5.41) is 7.89. The molecule has 3 aromatic rings. The third-order valence-electron chi connectivity index (χ3n) is 2.03. The molecule has 1 N–H and O–H groups in total. The zero-order chi connectivity index (χ0) is 10.1. The van der Waals surface area contributed by atoms with Gasteiger partial charge in [-0.15, -0.1) is 0 Å². The second kappa shape index (κ2) is 3.36. The summed E-state index contributed by atoms with van der Waals surface area (Å²) >= 11 is 1.61. The highest BCUT2D eigenvalue weighted by Crippen LogP contribution is 2.22. The maximum atomic E-state index is 5.15. The van der Waals surface area contributed by atoms with Crippen LogP contribution in [-0.2, 0) is 0 Å². The number of nitrogens with zero attached hydrogens (tertiary/aromatic N) is 2. The van der Waals surface area contributed by atoms with Gasteiger partial charge < -0.3 is 9.51 Å². The van der Waals surface area contributed by atoms with E-state index in [1.165, 1.54) is 0 Å². The summed E-state index contributed by atoms with van der Waals surface area (Å²) in [4.78, 5) is 7.31. The van der Waals surface area contributed by atoms with E-state index in [0.717, 1.165) is 11.3 Å². The first kappa shape index (κ1) is 8.43. The highest BCUT2D eigenvalue weighted by Gasteiger charge is 2.10. The average molecular weight is 217 g/mol. The molecule has 0 unspecified atom stereocenters. The van der Waals surface area contributed by atoms with E-state index in [-0.39, 0.29) is 0 Å². The van der Waals surface area contributed by atoms with E-state index in [2.05, 4.69) is 15.1 Å². The molecule has 0 spiro atoms. The molecule has 3 aromatic heterocycles. The summed E-state index contributed by atoms with van der Waals surface area (Å²) in [6.45, 7) is 0. The Morgan fingerprint density at radius 1 is 1.33 bits per heavy atom. The number of hydrogen-bond donors (Lipinski definition) is 1. The summed E-state index contributed by atoms with van der Waals surface area (Å²) in [6, 6.07) is 5.75. The topological polar surface area (TPSA) is 54.7 Å². The van der Waals surface area contributed by atoms with Crippen molar-refractivity contribution in [3.63, 3.8) is 0 Å². The molecule has 0 amide bonds. The molecule has 0 atom stereocenters. The molecule has 0 aliphatic heterocycles. The third-order valence-corrected chi connectivity index (χ3v) is 2.72. The number of aromatic nitrogens is 3. The predicted octanol–water partition coefficient (Wildman–Crippen LogP) is 2.79. The van der Waals surface area contributed by atoms with Crippen LogP contribution in [0.1, 0.15) is 0 Å². The minimum absolute atomic E-state index is 0.515. The van der Waals surface area contributed by atoms with Gasteiger partial charge in [-0.25, -0.2) is 0 Å². The van der Waals surface area contributed by atoms with Gasteiger partial charge in [0.1, 0.15) is 5.69 Å². The van der Waals surface area contributed by atoms with Gasteiger partial charge in [0.05, 0.1) is 0 Å². The molecule has 0 radical (unpaired) electrons. The largest absolute Gasteiger partial charge is 0.357 e. The van der Waals surface area contributed by atoms with Crippen molar-refractivity contribution in [2.75, 3.05) is 0 Å². The molecule has 0 aliphatic carbocycles. The van der Waals surface area contributed by atoms with Crippen LogP contribution in [0.4, 0.5) is 0 Å². The molecule has 5 heteroatoms. The first-order chi connectivity index (χ1) is 7.43. The molecule has 0 bridgehead atoms. The Hall–Kier alpha value is -1.88. The fourth-order valence-electron chi connectivity index (χ4n) is 1.31. The smallest absolute Gasteiger partial charge is 0.274 e. The summed E-state index contributed by atoms with van der Waals surface area (Å²) in [6.07, 6.45) is 1.82. The Kier molecular flexibility index (Phi) is 1.89. The van der Waals surface area contributed by atoms with Gasteiger partial charge in [-0.3, -0.25) is 0 Å². The van der Waals surface area contributed by atoms with Crippen LogP contribution >= 0.6 is 11.3 Å². The minimum atomic E-state index is 0.515. The van der Waals surface area contributed by atoms with Gasteiger partial charge in [-0.1, -0.05) is 5.16 Å². The van der Waals surface area contributed by atoms with Crippen molar-refractivity contribution >= 4 is 11.3 Å². The van der Waals surface area contributed by atoms with Gasteiger partial charge in [0.15, 0.2) is 0 Å². The number of aromatic amines is 1. The van der Waals surface area contributed by atoms with Gasteiger partial charge in [0.2, 0.25) is 5.82 Å². The van der Waals surface area contributed by atoms with Crippen molar-refractivity contribution in [1.82, 2.24) is 15.1 Å². The molecule has 74 valence electrons. The highest BCUT2D eigenvalue weighted by molar-refractivity contribution is 7.08. The molecule has 0 saturated carbocycles. The van der Waals surface area contributed by atoms with Gasteiger partial charge >= 0.3 is 0 Å². The van der Waals surface area contributed by atoms with E-state index in [1.54, 1.807) is 11.3 Å². The molecule has 3 heterocycles. The van der Waals surface area contributed by atoms with Crippen LogP contribution in [0.25, 0.3) is 23.0 Å². The van der Waals surface area contributed by atoms with Crippen molar-refractivity contribution in [2.45, 2.75) is 0 Å². The number of thiophene rings is 1. The number of rotatable bonds is 2. The lowest BCUT2D eigenvalue weighted by Gasteiger charge is -1.84. The molecule has 0 aromatic carbocycles. The SMILES string of the molecule is c1c[nH]c(-c2nc(-c3ccsc3)no2)c1. The minimum Gasteiger partial charge on any atom is -0.357 e. The van der Waals surface area contributed by atoms with Crippen molar-refractivity contribution in [3.05, 3.63) is 35.2 Å². The molecule has 15 heavy (non-hydrogen) atoms. The molecular weight excluding hydrogens is 210 g/mol. The second-order valence-corrected chi connectivity index (χ2v) is 3.80. The van der Waals surface area contributed by atoms with Gasteiger partial charge in [0, 0.05) is 17.1 Å². The van der Waals surface area contributed by atoms with Crippen LogP contribution in [0.2, 0.25) is 0 Å². The summed E-state index contributed by atoms with van der Waals surface area (Å²) in [5.41, 5.74) is 1.82. The molecule has 4 nitrogen and oxygen atoms in total. The molecule has 0 saturated heterocycles. The van der Waals surface area contributed by atoms with E-state index in [0.29, 0.717) is 11.7 Å². The first-order valence-electron chi connectivity index (χ1n) is 4.43. The Morgan fingerprint density at radius 3 is 3.07 bits per heavy atom. The molecular formula is C10H7N3OS. The predicted molar refractivity (Wildman–Crippen MR) is 57.4 cm³/mol. The molecule has 3 rings (SSSR count). The van der Waals surface area contributed by atoms with Gasteiger partial charge in [-0.05, 0) is 23.6 Å². The zero-order valence-electron chi connectivity index (χ0n) is 7.68. The number of hydrogen-bond acceptors (Lipinski definition) is 4. The number of H-pyrrole nitrogens is 1. The lowest BCUT2D eigenvalue weighted by Crippen LogP contribution is -1.77. The highest BCUT2D eigenvalue weighted by atomic mass is 32.1. The zero-order valence-corrected chi connectivity index (χ0v) is 8.49. The standard InChI is InChI=1S/C10H7N3OS/c1-2-8(11-4-1)10-12-9(13-14-10)7-3-5-15-6-7/h1-6,11H. The third kappa shape index (κ3) is 1.46. The van der Waals surface area contributed by atoms with Crippen LogP contribution in [0.15, 0.2) is 39.7 Å². The Bertz CT molecular complexity index is 490. The lowest BCUT2D eigenvalue weighted by molar-refractivity contribution is 0.431. The maximum Gasteiger partial charge on any atom is 0.274 e. The quantitative estimate of drug-likeness (QED) is 0.718. The summed E-state index contributed by atoms with van der Waals surface area (Å²) < 4.78 is 5.15. The monoisotopic (exact) mass is 217 g/mol.